The lowest BCUT2D eigenvalue weighted by Crippen LogP contribution is -2.56. The van der Waals surface area contributed by atoms with Crippen LogP contribution in [0.25, 0.3) is 10.8 Å². The summed E-state index contributed by atoms with van der Waals surface area (Å²) in [7, 11) is 0. The SMILES string of the molecule is O=C1CNC(C(=O)Nc2ccc(Br)c3ccccc23)CN1. The minimum atomic E-state index is -0.412. The molecule has 6 heteroatoms. The first kappa shape index (κ1) is 14.0. The number of nitrogens with one attached hydrogen (secondary N) is 3. The maximum atomic E-state index is 12.3. The third kappa shape index (κ3) is 2.91. The van der Waals surface area contributed by atoms with Gasteiger partial charge in [-0.2, -0.15) is 0 Å². The van der Waals surface area contributed by atoms with Crippen LogP contribution in [0.4, 0.5) is 5.69 Å². The van der Waals surface area contributed by atoms with Gasteiger partial charge in [-0.25, -0.2) is 0 Å². The Kier molecular flexibility index (Phi) is 3.90. The molecule has 0 radical (unpaired) electrons. The Labute approximate surface area is 130 Å². The Morgan fingerprint density at radius 3 is 2.67 bits per heavy atom. The average molecular weight is 348 g/mol. The highest BCUT2D eigenvalue weighted by atomic mass is 79.9. The van der Waals surface area contributed by atoms with Gasteiger partial charge < -0.3 is 10.6 Å². The quantitative estimate of drug-likeness (QED) is 0.773. The maximum absolute atomic E-state index is 12.3. The molecule has 1 fully saturated rings. The number of benzene rings is 2. The number of carbonyl (C=O) groups is 2. The summed E-state index contributed by atoms with van der Waals surface area (Å²) in [6.07, 6.45) is 0. The monoisotopic (exact) mass is 347 g/mol. The second-order valence-corrected chi connectivity index (χ2v) is 5.72. The van der Waals surface area contributed by atoms with Gasteiger partial charge in [0.2, 0.25) is 11.8 Å². The minimum Gasteiger partial charge on any atom is -0.353 e. The van der Waals surface area contributed by atoms with Crippen LogP contribution in [-0.2, 0) is 9.59 Å². The van der Waals surface area contributed by atoms with Gasteiger partial charge in [-0.15, -0.1) is 0 Å². The van der Waals surface area contributed by atoms with Crippen LogP contribution < -0.4 is 16.0 Å². The smallest absolute Gasteiger partial charge is 0.243 e. The standard InChI is InChI=1S/C15H14BrN3O2/c16-11-5-6-12(10-4-2-1-3-9(10)11)19-15(21)13-7-18-14(20)8-17-13/h1-6,13,17H,7-8H2,(H,18,20)(H,19,21). The lowest BCUT2D eigenvalue weighted by atomic mass is 10.1. The molecule has 1 unspecified atom stereocenters. The van der Waals surface area contributed by atoms with Gasteiger partial charge >= 0.3 is 0 Å². The third-order valence-electron chi connectivity index (χ3n) is 3.46. The Bertz CT molecular complexity index is 707. The molecule has 1 aliphatic rings. The molecule has 5 nitrogen and oxygen atoms in total. The van der Waals surface area contributed by atoms with E-state index in [9.17, 15) is 9.59 Å². The Morgan fingerprint density at radius 1 is 1.19 bits per heavy atom. The summed E-state index contributed by atoms with van der Waals surface area (Å²) in [6, 6.07) is 11.2. The lowest BCUT2D eigenvalue weighted by molar-refractivity contribution is -0.124. The summed E-state index contributed by atoms with van der Waals surface area (Å²) >= 11 is 3.51. The van der Waals surface area contributed by atoms with Crippen molar-refractivity contribution in [2.24, 2.45) is 0 Å². The van der Waals surface area contributed by atoms with E-state index in [1.165, 1.54) is 0 Å². The zero-order valence-corrected chi connectivity index (χ0v) is 12.7. The van der Waals surface area contributed by atoms with Crippen molar-refractivity contribution in [3.05, 3.63) is 40.9 Å². The van der Waals surface area contributed by atoms with E-state index in [0.29, 0.717) is 6.54 Å². The molecule has 21 heavy (non-hydrogen) atoms. The topological polar surface area (TPSA) is 70.2 Å². The van der Waals surface area contributed by atoms with Gasteiger partial charge in [0.05, 0.1) is 6.54 Å². The number of fused-ring (bicyclic) bond motifs is 1. The Morgan fingerprint density at radius 2 is 1.95 bits per heavy atom. The third-order valence-corrected chi connectivity index (χ3v) is 4.15. The van der Waals surface area contributed by atoms with E-state index in [4.69, 9.17) is 0 Å². The number of piperazine rings is 1. The van der Waals surface area contributed by atoms with Crippen LogP contribution in [0.1, 0.15) is 0 Å². The van der Waals surface area contributed by atoms with Gasteiger partial charge in [0.1, 0.15) is 6.04 Å². The molecule has 1 heterocycles. The molecule has 0 saturated carbocycles. The Hall–Kier alpha value is -1.92. The van der Waals surface area contributed by atoms with Gasteiger partial charge in [-0.1, -0.05) is 40.2 Å². The molecular formula is C15H14BrN3O2. The number of carbonyl (C=O) groups excluding carboxylic acids is 2. The first-order valence-electron chi connectivity index (χ1n) is 6.63. The summed E-state index contributed by atoms with van der Waals surface area (Å²) < 4.78 is 0.985. The first-order chi connectivity index (χ1) is 10.1. The molecule has 3 rings (SSSR count). The van der Waals surface area contributed by atoms with Crippen molar-refractivity contribution in [2.45, 2.75) is 6.04 Å². The van der Waals surface area contributed by atoms with Crippen LogP contribution in [0, 0.1) is 0 Å². The molecule has 1 atom stereocenters. The molecule has 0 bridgehead atoms. The van der Waals surface area contributed by atoms with Crippen molar-refractivity contribution in [1.82, 2.24) is 10.6 Å². The highest BCUT2D eigenvalue weighted by Crippen LogP contribution is 2.29. The highest BCUT2D eigenvalue weighted by Gasteiger charge is 2.24. The van der Waals surface area contributed by atoms with Crippen LogP contribution in [-0.4, -0.2) is 30.9 Å². The molecule has 2 amide bonds. The second kappa shape index (κ2) is 5.83. The number of hydrogen-bond acceptors (Lipinski definition) is 3. The zero-order chi connectivity index (χ0) is 14.8. The Balaban J connectivity index is 1.83. The van der Waals surface area contributed by atoms with Gasteiger partial charge in [-0.3, -0.25) is 14.9 Å². The van der Waals surface area contributed by atoms with E-state index in [1.54, 1.807) is 0 Å². The van der Waals surface area contributed by atoms with E-state index < -0.39 is 6.04 Å². The van der Waals surface area contributed by atoms with E-state index >= 15 is 0 Å². The summed E-state index contributed by atoms with van der Waals surface area (Å²) in [5, 5.41) is 10.5. The van der Waals surface area contributed by atoms with Crippen molar-refractivity contribution in [1.29, 1.82) is 0 Å². The van der Waals surface area contributed by atoms with Gasteiger partial charge in [0.25, 0.3) is 0 Å². The number of hydrogen-bond donors (Lipinski definition) is 3. The van der Waals surface area contributed by atoms with E-state index in [-0.39, 0.29) is 18.4 Å². The largest absolute Gasteiger partial charge is 0.353 e. The molecular weight excluding hydrogens is 334 g/mol. The molecule has 1 aliphatic heterocycles. The molecule has 3 N–H and O–H groups in total. The molecule has 0 aliphatic carbocycles. The van der Waals surface area contributed by atoms with Crippen molar-refractivity contribution < 1.29 is 9.59 Å². The van der Waals surface area contributed by atoms with Crippen LogP contribution >= 0.6 is 15.9 Å². The van der Waals surface area contributed by atoms with Gasteiger partial charge in [0.15, 0.2) is 0 Å². The molecule has 0 spiro atoms. The number of amides is 2. The number of rotatable bonds is 2. The van der Waals surface area contributed by atoms with Crippen LogP contribution in [0.15, 0.2) is 40.9 Å². The molecule has 108 valence electrons. The fourth-order valence-electron chi connectivity index (χ4n) is 2.34. The summed E-state index contributed by atoms with van der Waals surface area (Å²) in [4.78, 5) is 23.4. The fourth-order valence-corrected chi connectivity index (χ4v) is 2.82. The predicted octanol–water partition coefficient (Wildman–Crippen LogP) is 1.63. The fraction of sp³-hybridized carbons (Fsp3) is 0.200. The predicted molar refractivity (Wildman–Crippen MR) is 85.1 cm³/mol. The maximum Gasteiger partial charge on any atom is 0.243 e. The summed E-state index contributed by atoms with van der Waals surface area (Å²) in [5.74, 6) is -0.240. The average Bonchev–Trinajstić information content (AvgIpc) is 2.51. The van der Waals surface area contributed by atoms with E-state index in [1.807, 2.05) is 36.4 Å². The van der Waals surface area contributed by atoms with Gasteiger partial charge in [0, 0.05) is 22.1 Å². The zero-order valence-electron chi connectivity index (χ0n) is 11.2. The van der Waals surface area contributed by atoms with Crippen LogP contribution in [0.5, 0.6) is 0 Å². The van der Waals surface area contributed by atoms with Crippen LogP contribution in [0.3, 0.4) is 0 Å². The van der Waals surface area contributed by atoms with Crippen molar-refractivity contribution >= 4 is 44.2 Å². The van der Waals surface area contributed by atoms with Crippen molar-refractivity contribution in [3.63, 3.8) is 0 Å². The molecule has 0 aromatic heterocycles. The van der Waals surface area contributed by atoms with Crippen LogP contribution in [0.2, 0.25) is 0 Å². The summed E-state index contributed by atoms with van der Waals surface area (Å²) in [6.45, 7) is 0.471. The van der Waals surface area contributed by atoms with Crippen molar-refractivity contribution in [3.8, 4) is 0 Å². The normalized spacial score (nSPS) is 18.3. The highest BCUT2D eigenvalue weighted by molar-refractivity contribution is 9.10. The summed E-state index contributed by atoms with van der Waals surface area (Å²) in [5.41, 5.74) is 0.762. The second-order valence-electron chi connectivity index (χ2n) is 4.87. The van der Waals surface area contributed by atoms with E-state index in [2.05, 4.69) is 31.9 Å². The first-order valence-corrected chi connectivity index (χ1v) is 7.42. The molecule has 1 saturated heterocycles. The lowest BCUT2D eigenvalue weighted by Gasteiger charge is -2.23. The number of halogens is 1. The molecule has 2 aromatic carbocycles. The van der Waals surface area contributed by atoms with E-state index in [0.717, 1.165) is 20.9 Å². The van der Waals surface area contributed by atoms with Gasteiger partial charge in [-0.05, 0) is 17.5 Å². The van der Waals surface area contributed by atoms with Crippen molar-refractivity contribution in [2.75, 3.05) is 18.4 Å². The minimum absolute atomic E-state index is 0.0897. The molecule has 2 aromatic rings. The number of anilines is 1.